The van der Waals surface area contributed by atoms with Crippen LogP contribution in [0, 0.1) is 0 Å². The summed E-state index contributed by atoms with van der Waals surface area (Å²) in [4.78, 5) is 19.4. The molecule has 16 heavy (non-hydrogen) atoms. The number of hydrogen-bond donors (Lipinski definition) is 1. The maximum Gasteiger partial charge on any atom is 0.269 e. The summed E-state index contributed by atoms with van der Waals surface area (Å²) >= 11 is 0. The Balaban J connectivity index is 0.00000106. The van der Waals surface area contributed by atoms with Crippen LogP contribution in [0.4, 0.5) is 0 Å². The number of hydroxylamine groups is 1. The zero-order chi connectivity index (χ0) is 12.6. The van der Waals surface area contributed by atoms with Crippen LogP contribution in [-0.2, 0) is 0 Å². The van der Waals surface area contributed by atoms with Gasteiger partial charge < -0.3 is 5.73 Å². The molecule has 0 radical (unpaired) electrons. The first-order valence-electron chi connectivity index (χ1n) is 4.69. The average Bonchev–Trinajstić information content (AvgIpc) is 2.69. The van der Waals surface area contributed by atoms with Crippen LogP contribution in [0.25, 0.3) is 0 Å². The normalized spacial score (nSPS) is 9.50. The monoisotopic (exact) mass is 228 g/mol. The summed E-state index contributed by atoms with van der Waals surface area (Å²) in [5.41, 5.74) is 5.11. The van der Waals surface area contributed by atoms with Crippen molar-refractivity contribution in [3.63, 3.8) is 0 Å². The zero-order valence-electron chi connectivity index (χ0n) is 9.78. The topological polar surface area (TPSA) is 98.1 Å². The lowest BCUT2D eigenvalue weighted by atomic mass is 10.5. The second-order valence-electron chi connectivity index (χ2n) is 2.32. The molecule has 0 aliphatic carbocycles. The molecule has 0 unspecified atom stereocenters. The molecule has 0 aliphatic heterocycles. The number of nitrogens with two attached hydrogens (primary N) is 1. The molecule has 1 aromatic heterocycles. The third kappa shape index (κ3) is 4.40. The van der Waals surface area contributed by atoms with Gasteiger partial charge in [-0.3, -0.25) is 9.73 Å². The Morgan fingerprint density at radius 3 is 2.69 bits per heavy atom. The fourth-order valence-corrected chi connectivity index (χ4v) is 0.757. The van der Waals surface area contributed by atoms with E-state index in [-0.39, 0.29) is 5.69 Å². The molecule has 0 fully saturated rings. The number of amides is 1. The van der Waals surface area contributed by atoms with Crippen molar-refractivity contribution < 1.29 is 9.73 Å². The maximum atomic E-state index is 10.7. The highest BCUT2D eigenvalue weighted by atomic mass is 16.8. The first-order valence-corrected chi connectivity index (χ1v) is 4.69. The zero-order valence-corrected chi connectivity index (χ0v) is 9.78. The molecule has 0 aliphatic rings. The van der Waals surface area contributed by atoms with Crippen LogP contribution in [0.3, 0.4) is 0 Å². The van der Waals surface area contributed by atoms with E-state index >= 15 is 0 Å². The van der Waals surface area contributed by atoms with E-state index in [0.717, 1.165) is 5.17 Å². The van der Waals surface area contributed by atoms with Gasteiger partial charge in [0.2, 0.25) is 0 Å². The highest BCUT2D eigenvalue weighted by molar-refractivity contribution is 5.90. The maximum absolute atomic E-state index is 10.7. The lowest BCUT2D eigenvalue weighted by molar-refractivity contribution is -0.149. The van der Waals surface area contributed by atoms with Crippen molar-refractivity contribution in [2.24, 2.45) is 16.1 Å². The first kappa shape index (κ1) is 13.9. The van der Waals surface area contributed by atoms with E-state index in [1.165, 1.54) is 31.3 Å². The molecule has 1 aromatic rings. The molecule has 1 heterocycles. The summed E-state index contributed by atoms with van der Waals surface area (Å²) in [5.74, 6) is -0.618. The smallest absolute Gasteiger partial charge is 0.269 e. The van der Waals surface area contributed by atoms with Gasteiger partial charge in [0.25, 0.3) is 5.91 Å². The Morgan fingerprint density at radius 2 is 2.25 bits per heavy atom. The number of carbonyl (C=O) groups excluding carboxylic acids is 1. The van der Waals surface area contributed by atoms with Crippen molar-refractivity contribution in [1.82, 2.24) is 14.9 Å². The van der Waals surface area contributed by atoms with Gasteiger partial charge in [0, 0.05) is 0 Å². The van der Waals surface area contributed by atoms with Crippen LogP contribution in [0.5, 0.6) is 0 Å². The molecule has 2 N–H and O–H groups in total. The minimum atomic E-state index is -0.618. The van der Waals surface area contributed by atoms with E-state index < -0.39 is 5.91 Å². The third-order valence-corrected chi connectivity index (χ3v) is 1.24. The number of primary amides is 1. The molecule has 0 saturated carbocycles. The Morgan fingerprint density at radius 1 is 1.62 bits per heavy atom. The highest BCUT2D eigenvalue weighted by Crippen LogP contribution is 1.93. The van der Waals surface area contributed by atoms with Gasteiger partial charge in [0.15, 0.2) is 0 Å². The van der Waals surface area contributed by atoms with Crippen molar-refractivity contribution >= 4 is 5.91 Å². The van der Waals surface area contributed by atoms with Crippen LogP contribution in [0.2, 0.25) is 0 Å². The Bertz CT molecular complexity index is 348. The molecule has 0 saturated heterocycles. The molecule has 1 rings (SSSR count). The van der Waals surface area contributed by atoms with Crippen LogP contribution in [0.15, 0.2) is 22.9 Å². The second kappa shape index (κ2) is 7.21. The van der Waals surface area contributed by atoms with Crippen LogP contribution < -0.4 is 10.7 Å². The number of carbonyl (C=O) groups is 1. The summed E-state index contributed by atoms with van der Waals surface area (Å²) in [7, 11) is 3.04. The van der Waals surface area contributed by atoms with Gasteiger partial charge in [0.05, 0.1) is 20.3 Å². The van der Waals surface area contributed by atoms with E-state index in [0.29, 0.717) is 0 Å². The lowest BCUT2D eigenvalue weighted by Crippen LogP contribution is -2.24. The molecule has 8 nitrogen and oxygen atoms in total. The van der Waals surface area contributed by atoms with Crippen LogP contribution in [0.1, 0.15) is 24.3 Å². The van der Waals surface area contributed by atoms with E-state index in [2.05, 4.69) is 15.3 Å². The highest BCUT2D eigenvalue weighted by Gasteiger charge is 2.05. The molecule has 0 aromatic carbocycles. The molecular formula is C8H16N6O2. The van der Waals surface area contributed by atoms with Crippen molar-refractivity contribution in [3.8, 4) is 0 Å². The molecule has 0 spiro atoms. The van der Waals surface area contributed by atoms with Crippen LogP contribution in [-0.4, -0.2) is 34.9 Å². The van der Waals surface area contributed by atoms with E-state index in [4.69, 9.17) is 10.7 Å². The quantitative estimate of drug-likeness (QED) is 0.591. The summed E-state index contributed by atoms with van der Waals surface area (Å²) in [6.07, 6.45) is 2.63. The average molecular weight is 228 g/mol. The fraction of sp³-hybridized carbons (Fsp3) is 0.500. The first-order chi connectivity index (χ1) is 7.63. The summed E-state index contributed by atoms with van der Waals surface area (Å²) < 4.78 is 1.19. The molecule has 90 valence electrons. The number of hydrogen-bond acceptors (Lipinski definition) is 5. The minimum absolute atomic E-state index is 0.117. The SMILES string of the molecule is CC.CN=NN(C)On1cnc(C(N)=O)c1. The Kier molecular flexibility index (Phi) is 6.25. The van der Waals surface area contributed by atoms with Crippen molar-refractivity contribution in [2.75, 3.05) is 14.1 Å². The summed E-state index contributed by atoms with van der Waals surface area (Å²) in [6.45, 7) is 4.00. The van der Waals surface area contributed by atoms with Gasteiger partial charge in [-0.1, -0.05) is 19.0 Å². The largest absolute Gasteiger partial charge is 0.364 e. The van der Waals surface area contributed by atoms with Crippen molar-refractivity contribution in [3.05, 3.63) is 18.2 Å². The van der Waals surface area contributed by atoms with Crippen LogP contribution >= 0.6 is 0 Å². The van der Waals surface area contributed by atoms with E-state index in [1.807, 2.05) is 13.8 Å². The predicted octanol–water partition coefficient (Wildman–Crippen LogP) is 0.281. The molecule has 0 bridgehead atoms. The van der Waals surface area contributed by atoms with Gasteiger partial charge in [-0.25, -0.2) is 4.98 Å². The Labute approximate surface area is 93.6 Å². The summed E-state index contributed by atoms with van der Waals surface area (Å²) in [6, 6.07) is 0. The van der Waals surface area contributed by atoms with Gasteiger partial charge in [-0.15, -0.1) is 4.73 Å². The van der Waals surface area contributed by atoms with Crippen molar-refractivity contribution in [2.45, 2.75) is 13.8 Å². The number of nitrogens with zero attached hydrogens (tertiary/aromatic N) is 5. The molecule has 0 atom stereocenters. The number of aromatic nitrogens is 2. The fourth-order valence-electron chi connectivity index (χ4n) is 0.757. The van der Waals surface area contributed by atoms with E-state index in [1.54, 1.807) is 0 Å². The third-order valence-electron chi connectivity index (χ3n) is 1.24. The van der Waals surface area contributed by atoms with Gasteiger partial charge >= 0.3 is 0 Å². The molecular weight excluding hydrogens is 212 g/mol. The predicted molar refractivity (Wildman–Crippen MR) is 57.2 cm³/mol. The number of rotatable bonds is 4. The van der Waals surface area contributed by atoms with Crippen molar-refractivity contribution in [1.29, 1.82) is 0 Å². The standard InChI is InChI=1S/C6H10N6O2.C2H6/c1-8-10-11(2)14-12-3-5(6(7)13)9-4-12;1-2/h3-4H,1-2H3,(H2,7,13);1-2H3. The van der Waals surface area contributed by atoms with Gasteiger partial charge in [-0.05, 0) is 5.22 Å². The second-order valence-corrected chi connectivity index (χ2v) is 2.32. The van der Waals surface area contributed by atoms with Gasteiger partial charge in [-0.2, -0.15) is 5.11 Å². The molecule has 1 amide bonds. The Hall–Kier alpha value is -2.12. The van der Waals surface area contributed by atoms with Gasteiger partial charge in [0.1, 0.15) is 12.0 Å². The minimum Gasteiger partial charge on any atom is -0.364 e. The number of imidazole rings is 1. The lowest BCUT2D eigenvalue weighted by Gasteiger charge is -2.10. The molecule has 8 heteroatoms. The van der Waals surface area contributed by atoms with E-state index in [9.17, 15) is 4.79 Å². The summed E-state index contributed by atoms with van der Waals surface area (Å²) in [5, 5.41) is 8.12.